The van der Waals surface area contributed by atoms with Crippen molar-refractivity contribution in [1.29, 1.82) is 0 Å². The lowest BCUT2D eigenvalue weighted by molar-refractivity contribution is -0.149. The van der Waals surface area contributed by atoms with E-state index >= 15 is 0 Å². The number of esters is 1. The van der Waals surface area contributed by atoms with Crippen LogP contribution in [0.2, 0.25) is 0 Å². The Kier molecular flexibility index (Phi) is 4.42. The summed E-state index contributed by atoms with van der Waals surface area (Å²) in [6, 6.07) is 0.423. The van der Waals surface area contributed by atoms with Crippen molar-refractivity contribution < 1.29 is 14.3 Å². The summed E-state index contributed by atoms with van der Waals surface area (Å²) < 4.78 is 10.9. The number of rotatable bonds is 3. The first-order chi connectivity index (χ1) is 9.32. The van der Waals surface area contributed by atoms with Gasteiger partial charge in [0.15, 0.2) is 0 Å². The number of hydrogen-bond acceptors (Lipinski definition) is 5. The van der Waals surface area contributed by atoms with E-state index in [9.17, 15) is 4.79 Å². The van der Waals surface area contributed by atoms with Gasteiger partial charge in [0.05, 0.1) is 18.8 Å². The highest BCUT2D eigenvalue weighted by molar-refractivity contribution is 5.81. The van der Waals surface area contributed by atoms with Gasteiger partial charge in [-0.25, -0.2) is 0 Å². The Bertz CT molecular complexity index is 372. The Labute approximate surface area is 122 Å². The fraction of sp³-hybridized carbons (Fsp3) is 0.933. The fourth-order valence-corrected chi connectivity index (χ4v) is 3.82. The van der Waals surface area contributed by atoms with Crippen LogP contribution in [0.4, 0.5) is 0 Å². The second kappa shape index (κ2) is 5.62. The number of nitrogens with one attached hydrogen (secondary N) is 1. The van der Waals surface area contributed by atoms with Gasteiger partial charge in [-0.05, 0) is 47.1 Å². The number of methoxy groups -OCH3 is 1. The van der Waals surface area contributed by atoms with E-state index < -0.39 is 5.54 Å². The maximum absolute atomic E-state index is 12.1. The monoisotopic (exact) mass is 284 g/mol. The molecule has 3 unspecified atom stereocenters. The molecule has 3 atom stereocenters. The first-order valence-corrected chi connectivity index (χ1v) is 7.51. The molecule has 5 nitrogen and oxygen atoms in total. The summed E-state index contributed by atoms with van der Waals surface area (Å²) >= 11 is 0. The second-order valence-electron chi connectivity index (χ2n) is 6.84. The normalized spacial score (nSPS) is 37.9. The minimum Gasteiger partial charge on any atom is -0.468 e. The van der Waals surface area contributed by atoms with Crippen LogP contribution in [0, 0.1) is 0 Å². The molecule has 0 aromatic carbocycles. The van der Waals surface area contributed by atoms with Gasteiger partial charge in [0.2, 0.25) is 0 Å². The van der Waals surface area contributed by atoms with Crippen LogP contribution >= 0.6 is 0 Å². The third-order valence-corrected chi connectivity index (χ3v) is 4.66. The number of carbonyl (C=O) groups excluding carboxylic acids is 1. The predicted molar refractivity (Wildman–Crippen MR) is 77.6 cm³/mol. The molecule has 1 aliphatic heterocycles. The predicted octanol–water partition coefficient (Wildman–Crippen LogP) is 1.17. The van der Waals surface area contributed by atoms with E-state index in [-0.39, 0.29) is 17.7 Å². The van der Waals surface area contributed by atoms with Crippen LogP contribution in [0.5, 0.6) is 0 Å². The van der Waals surface area contributed by atoms with Crippen LogP contribution in [-0.4, -0.2) is 61.4 Å². The molecule has 2 aliphatic rings. The third-order valence-electron chi connectivity index (χ3n) is 4.66. The molecular formula is C15H28N2O3. The van der Waals surface area contributed by atoms with E-state index in [1.54, 1.807) is 0 Å². The molecule has 2 fully saturated rings. The minimum atomic E-state index is -0.509. The summed E-state index contributed by atoms with van der Waals surface area (Å²) in [7, 11) is 3.32. The lowest BCUT2D eigenvalue weighted by atomic mass is 9.96. The molecule has 0 aromatic heterocycles. The largest absolute Gasteiger partial charge is 0.468 e. The molecule has 1 saturated heterocycles. The van der Waals surface area contributed by atoms with Crippen LogP contribution < -0.4 is 5.32 Å². The molecule has 20 heavy (non-hydrogen) atoms. The zero-order valence-electron chi connectivity index (χ0n) is 13.4. The van der Waals surface area contributed by atoms with Crippen molar-refractivity contribution in [3.63, 3.8) is 0 Å². The number of hydrogen-bond donors (Lipinski definition) is 1. The van der Waals surface area contributed by atoms with Gasteiger partial charge in [-0.15, -0.1) is 0 Å². The van der Waals surface area contributed by atoms with E-state index in [4.69, 9.17) is 9.47 Å². The summed E-state index contributed by atoms with van der Waals surface area (Å²) in [4.78, 5) is 14.5. The molecule has 5 heteroatoms. The minimum absolute atomic E-state index is 0.117. The number of morpholine rings is 1. The average Bonchev–Trinajstić information content (AvgIpc) is 2.81. The molecule has 1 N–H and O–H groups in total. The molecule has 2 rings (SSSR count). The van der Waals surface area contributed by atoms with Crippen LogP contribution in [0.3, 0.4) is 0 Å². The van der Waals surface area contributed by atoms with E-state index in [0.29, 0.717) is 6.04 Å². The zero-order chi connectivity index (χ0) is 15.0. The van der Waals surface area contributed by atoms with Gasteiger partial charge < -0.3 is 14.8 Å². The molecule has 1 heterocycles. The van der Waals surface area contributed by atoms with E-state index in [2.05, 4.69) is 31.0 Å². The second-order valence-corrected chi connectivity index (χ2v) is 6.84. The van der Waals surface area contributed by atoms with Gasteiger partial charge in [-0.2, -0.15) is 0 Å². The van der Waals surface area contributed by atoms with E-state index in [1.807, 2.05) is 7.05 Å². The molecule has 0 aromatic rings. The number of ether oxygens (including phenoxy) is 2. The van der Waals surface area contributed by atoms with E-state index in [1.165, 1.54) is 7.11 Å². The summed E-state index contributed by atoms with van der Waals surface area (Å²) in [5, 5.41) is 3.20. The lowest BCUT2D eigenvalue weighted by Crippen LogP contribution is -2.56. The van der Waals surface area contributed by atoms with Crippen LogP contribution in [0.15, 0.2) is 0 Å². The Morgan fingerprint density at radius 3 is 2.70 bits per heavy atom. The van der Waals surface area contributed by atoms with Crippen molar-refractivity contribution in [1.82, 2.24) is 10.2 Å². The Morgan fingerprint density at radius 2 is 2.15 bits per heavy atom. The molecule has 1 saturated carbocycles. The van der Waals surface area contributed by atoms with Crippen molar-refractivity contribution >= 4 is 5.97 Å². The number of likely N-dealkylation sites (N-methyl/N-ethyl adjacent to an activating group) is 1. The van der Waals surface area contributed by atoms with Gasteiger partial charge in [0.25, 0.3) is 0 Å². The molecule has 1 aliphatic carbocycles. The number of carbonyl (C=O) groups is 1. The van der Waals surface area contributed by atoms with E-state index in [0.717, 1.165) is 32.4 Å². The molecule has 0 radical (unpaired) electrons. The Morgan fingerprint density at radius 1 is 1.45 bits per heavy atom. The summed E-state index contributed by atoms with van der Waals surface area (Å²) in [6.45, 7) is 8.25. The Hall–Kier alpha value is -0.650. The fourth-order valence-electron chi connectivity index (χ4n) is 3.82. The third kappa shape index (κ3) is 3.00. The van der Waals surface area contributed by atoms with Gasteiger partial charge in [-0.1, -0.05) is 0 Å². The highest BCUT2D eigenvalue weighted by Gasteiger charge is 2.48. The molecule has 0 bridgehead atoms. The topological polar surface area (TPSA) is 50.8 Å². The Balaban J connectivity index is 2.07. The first-order valence-electron chi connectivity index (χ1n) is 7.51. The molecular weight excluding hydrogens is 256 g/mol. The van der Waals surface area contributed by atoms with Crippen molar-refractivity contribution in [2.45, 2.75) is 63.3 Å². The SMILES string of the molecule is CNC1(C(=O)OC)CCC(N2CC(C)OC(C)(C)C2)C1. The smallest absolute Gasteiger partial charge is 0.326 e. The van der Waals surface area contributed by atoms with Crippen LogP contribution in [0.1, 0.15) is 40.0 Å². The summed E-state index contributed by atoms with van der Waals surface area (Å²) in [5.41, 5.74) is -0.626. The van der Waals surface area contributed by atoms with Crippen LogP contribution in [0.25, 0.3) is 0 Å². The van der Waals surface area contributed by atoms with Crippen molar-refractivity contribution in [2.75, 3.05) is 27.2 Å². The lowest BCUT2D eigenvalue weighted by Gasteiger charge is -2.44. The summed E-state index contributed by atoms with van der Waals surface area (Å²) in [6.07, 6.45) is 2.92. The first kappa shape index (κ1) is 15.7. The van der Waals surface area contributed by atoms with Crippen LogP contribution in [-0.2, 0) is 14.3 Å². The van der Waals surface area contributed by atoms with Gasteiger partial charge in [-0.3, -0.25) is 9.69 Å². The average molecular weight is 284 g/mol. The van der Waals surface area contributed by atoms with Crippen molar-refractivity contribution in [2.24, 2.45) is 0 Å². The maximum Gasteiger partial charge on any atom is 0.326 e. The quantitative estimate of drug-likeness (QED) is 0.789. The molecule has 0 spiro atoms. The standard InChI is InChI=1S/C15H28N2O3/c1-11-9-17(10-14(2,3)20-11)12-6-7-15(8-12,16-4)13(18)19-5/h11-12,16H,6-10H2,1-5H3. The highest BCUT2D eigenvalue weighted by atomic mass is 16.5. The van der Waals surface area contributed by atoms with Gasteiger partial charge >= 0.3 is 5.97 Å². The van der Waals surface area contributed by atoms with Crippen molar-refractivity contribution in [3.8, 4) is 0 Å². The van der Waals surface area contributed by atoms with Gasteiger partial charge in [0, 0.05) is 19.1 Å². The molecule has 116 valence electrons. The van der Waals surface area contributed by atoms with Gasteiger partial charge in [0.1, 0.15) is 5.54 Å². The highest BCUT2D eigenvalue weighted by Crippen LogP contribution is 2.36. The summed E-state index contributed by atoms with van der Waals surface area (Å²) in [5.74, 6) is -0.136. The zero-order valence-corrected chi connectivity index (χ0v) is 13.4. The van der Waals surface area contributed by atoms with Crippen molar-refractivity contribution in [3.05, 3.63) is 0 Å². The molecule has 0 amide bonds. The number of nitrogens with zero attached hydrogens (tertiary/aromatic N) is 1. The maximum atomic E-state index is 12.1.